The van der Waals surface area contributed by atoms with Crippen molar-refractivity contribution >= 4 is 23.1 Å². The summed E-state index contributed by atoms with van der Waals surface area (Å²) >= 11 is 6.05. The topological polar surface area (TPSA) is 46.1 Å². The lowest BCUT2D eigenvalue weighted by Crippen LogP contribution is -2.59. The number of benzene rings is 1. The minimum absolute atomic E-state index is 0.0914. The summed E-state index contributed by atoms with van der Waals surface area (Å²) in [6, 6.07) is 5.54. The number of halogens is 1. The maximum absolute atomic E-state index is 6.05. The van der Waals surface area contributed by atoms with Crippen LogP contribution >= 0.6 is 11.6 Å². The largest absolute Gasteiger partial charge is 0.495 e. The van der Waals surface area contributed by atoms with Gasteiger partial charge in [0.05, 0.1) is 17.8 Å². The number of hydrogen-bond acceptors (Lipinski definition) is 4. The summed E-state index contributed by atoms with van der Waals surface area (Å²) in [7, 11) is 1.61. The van der Waals surface area contributed by atoms with Crippen molar-refractivity contribution < 1.29 is 9.57 Å². The molecule has 1 atom stereocenters. The van der Waals surface area contributed by atoms with E-state index in [2.05, 4.69) is 15.4 Å². The van der Waals surface area contributed by atoms with Gasteiger partial charge in [0.2, 0.25) is 0 Å². The van der Waals surface area contributed by atoms with E-state index in [1.54, 1.807) is 13.2 Å². The Morgan fingerprint density at radius 1 is 1.41 bits per heavy atom. The highest BCUT2D eigenvalue weighted by Crippen LogP contribution is 2.42. The van der Waals surface area contributed by atoms with Crippen LogP contribution < -0.4 is 10.2 Å². The van der Waals surface area contributed by atoms with Crippen LogP contribution in [-0.4, -0.2) is 43.1 Å². The number of ether oxygens (including phenoxy) is 1. The number of nitrogens with one attached hydrogen (secondary N) is 1. The number of methoxy groups -OCH3 is 1. The lowest BCUT2D eigenvalue weighted by Gasteiger charge is -2.49. The van der Waals surface area contributed by atoms with E-state index in [0.717, 1.165) is 24.5 Å². The van der Waals surface area contributed by atoms with Crippen LogP contribution in [-0.2, 0) is 4.84 Å². The Bertz CT molecular complexity index is 613. The van der Waals surface area contributed by atoms with Crippen LogP contribution in [0.25, 0.3) is 0 Å². The second-order valence-electron chi connectivity index (χ2n) is 6.37. The molecule has 4 saturated heterocycles. The fourth-order valence-electron chi connectivity index (χ4n) is 3.89. The fourth-order valence-corrected chi connectivity index (χ4v) is 4.09. The Morgan fingerprint density at radius 2 is 2.23 bits per heavy atom. The van der Waals surface area contributed by atoms with Crippen molar-refractivity contribution in [2.45, 2.75) is 24.9 Å². The zero-order valence-corrected chi connectivity index (χ0v) is 13.4. The number of rotatable bonds is 2. The number of aliphatic imine (C=N–C) groups is 1. The van der Waals surface area contributed by atoms with Crippen molar-refractivity contribution in [3.8, 4) is 5.75 Å². The summed E-state index contributed by atoms with van der Waals surface area (Å²) in [6.07, 6.45) is 3.30. The van der Waals surface area contributed by atoms with Gasteiger partial charge in [-0.1, -0.05) is 11.6 Å². The van der Waals surface area contributed by atoms with Gasteiger partial charge in [0, 0.05) is 19.0 Å². The molecule has 1 aromatic rings. The first-order valence-corrected chi connectivity index (χ1v) is 8.14. The average molecular weight is 322 g/mol. The number of hydroxylamine groups is 1. The van der Waals surface area contributed by atoms with Crippen LogP contribution in [0, 0.1) is 5.92 Å². The van der Waals surface area contributed by atoms with E-state index in [9.17, 15) is 0 Å². The molecule has 4 heterocycles. The van der Waals surface area contributed by atoms with E-state index >= 15 is 0 Å². The molecule has 4 fully saturated rings. The molecule has 1 spiro atoms. The van der Waals surface area contributed by atoms with Crippen molar-refractivity contribution in [1.82, 2.24) is 10.4 Å². The summed E-state index contributed by atoms with van der Waals surface area (Å²) in [5, 5.41) is 0.593. The normalized spacial score (nSPS) is 35.1. The van der Waals surface area contributed by atoms with E-state index in [0.29, 0.717) is 16.7 Å². The van der Waals surface area contributed by atoms with Crippen molar-refractivity contribution in [2.75, 3.05) is 26.7 Å². The minimum atomic E-state index is -0.0914. The summed E-state index contributed by atoms with van der Waals surface area (Å²) in [5.41, 5.74) is 3.79. The number of fused-ring (bicyclic) bond motifs is 2. The third-order valence-corrected chi connectivity index (χ3v) is 5.37. The van der Waals surface area contributed by atoms with Gasteiger partial charge in [0.25, 0.3) is 0 Å². The Balaban J connectivity index is 1.55. The highest BCUT2D eigenvalue weighted by atomic mass is 35.5. The molecule has 1 aromatic carbocycles. The molecule has 5 rings (SSSR count). The van der Waals surface area contributed by atoms with Gasteiger partial charge < -0.3 is 9.64 Å². The molecule has 22 heavy (non-hydrogen) atoms. The minimum Gasteiger partial charge on any atom is -0.495 e. The molecular formula is C16H20ClN3O2. The van der Waals surface area contributed by atoms with Crippen LogP contribution in [0.3, 0.4) is 0 Å². The summed E-state index contributed by atoms with van der Waals surface area (Å²) in [6.45, 7) is 3.42. The van der Waals surface area contributed by atoms with E-state index in [-0.39, 0.29) is 5.60 Å². The molecule has 0 aromatic heterocycles. The molecule has 118 valence electrons. The summed E-state index contributed by atoms with van der Waals surface area (Å²) < 4.78 is 5.24. The zero-order valence-electron chi connectivity index (χ0n) is 12.6. The van der Waals surface area contributed by atoms with E-state index in [1.807, 2.05) is 12.1 Å². The quantitative estimate of drug-likeness (QED) is 0.910. The molecule has 0 radical (unpaired) electrons. The molecule has 5 nitrogen and oxygen atoms in total. The molecule has 4 aliphatic heterocycles. The van der Waals surface area contributed by atoms with E-state index < -0.39 is 0 Å². The fraction of sp³-hybridized carbons (Fsp3) is 0.562. The van der Waals surface area contributed by atoms with E-state index in [4.69, 9.17) is 21.2 Å². The second kappa shape index (κ2) is 5.41. The Morgan fingerprint density at radius 3 is 2.91 bits per heavy atom. The van der Waals surface area contributed by atoms with Crippen LogP contribution in [0.1, 0.15) is 19.3 Å². The van der Waals surface area contributed by atoms with Gasteiger partial charge in [-0.2, -0.15) is 0 Å². The van der Waals surface area contributed by atoms with Crippen LogP contribution in [0.5, 0.6) is 5.75 Å². The molecule has 0 amide bonds. The molecule has 2 bridgehead atoms. The third kappa shape index (κ3) is 2.37. The summed E-state index contributed by atoms with van der Waals surface area (Å²) in [4.78, 5) is 13.2. The van der Waals surface area contributed by atoms with Crippen molar-refractivity contribution in [3.63, 3.8) is 0 Å². The van der Waals surface area contributed by atoms with Gasteiger partial charge in [-0.25, -0.2) is 4.99 Å². The highest BCUT2D eigenvalue weighted by molar-refractivity contribution is 6.32. The molecular weight excluding hydrogens is 302 g/mol. The standard InChI is InChI=1S/C16H20ClN3O2/c1-21-14-8-12(2-3-13(14)17)18-15-9-16(22-19-15)10-20-6-4-11(16)5-7-20/h2-3,8,11H,4-7,9-10H2,1H3,(H,18,19). The smallest absolute Gasteiger partial charge is 0.139 e. The number of amidine groups is 1. The lowest BCUT2D eigenvalue weighted by molar-refractivity contribution is -0.150. The monoisotopic (exact) mass is 321 g/mol. The maximum atomic E-state index is 6.05. The Hall–Kier alpha value is -1.30. The molecule has 0 saturated carbocycles. The van der Waals surface area contributed by atoms with Crippen molar-refractivity contribution in [1.29, 1.82) is 0 Å². The predicted octanol–water partition coefficient (Wildman–Crippen LogP) is 2.77. The molecule has 0 aliphatic carbocycles. The van der Waals surface area contributed by atoms with Gasteiger partial charge in [0.15, 0.2) is 0 Å². The van der Waals surface area contributed by atoms with Crippen molar-refractivity contribution in [2.24, 2.45) is 10.9 Å². The van der Waals surface area contributed by atoms with Crippen LogP contribution in [0.4, 0.5) is 5.69 Å². The second-order valence-corrected chi connectivity index (χ2v) is 6.78. The SMILES string of the molecule is COc1cc(N=C2CC3(CN4CCC3CC4)ON2)ccc1Cl. The van der Waals surface area contributed by atoms with Gasteiger partial charge in [-0.05, 0) is 44.0 Å². The average Bonchev–Trinajstić information content (AvgIpc) is 2.92. The van der Waals surface area contributed by atoms with Gasteiger partial charge in [-0.15, -0.1) is 0 Å². The van der Waals surface area contributed by atoms with Gasteiger partial charge in [0.1, 0.15) is 17.2 Å². The zero-order chi connectivity index (χ0) is 15.2. The van der Waals surface area contributed by atoms with Crippen LogP contribution in [0.2, 0.25) is 5.02 Å². The third-order valence-electron chi connectivity index (χ3n) is 5.06. The summed E-state index contributed by atoms with van der Waals surface area (Å²) in [5.74, 6) is 2.16. The number of hydrogen-bond donors (Lipinski definition) is 1. The van der Waals surface area contributed by atoms with Gasteiger partial charge >= 0.3 is 0 Å². The van der Waals surface area contributed by atoms with E-state index in [1.165, 1.54) is 25.9 Å². The number of piperidine rings is 3. The first-order valence-electron chi connectivity index (χ1n) is 7.76. The molecule has 6 heteroatoms. The molecule has 4 aliphatic rings. The first kappa shape index (κ1) is 14.3. The van der Waals surface area contributed by atoms with Crippen molar-refractivity contribution in [3.05, 3.63) is 23.2 Å². The predicted molar refractivity (Wildman–Crippen MR) is 85.8 cm³/mol. The molecule has 1 N–H and O–H groups in total. The highest BCUT2D eigenvalue weighted by Gasteiger charge is 2.52. The number of nitrogens with zero attached hydrogens (tertiary/aromatic N) is 2. The Labute approximate surface area is 135 Å². The molecule has 1 unspecified atom stereocenters. The maximum Gasteiger partial charge on any atom is 0.139 e. The van der Waals surface area contributed by atoms with Gasteiger partial charge in [-0.3, -0.25) is 10.3 Å². The Kier molecular flexibility index (Phi) is 3.51. The first-order chi connectivity index (χ1) is 10.7. The lowest BCUT2D eigenvalue weighted by atomic mass is 9.74. The van der Waals surface area contributed by atoms with Crippen LogP contribution in [0.15, 0.2) is 23.2 Å².